The fourth-order valence-electron chi connectivity index (χ4n) is 1.09. The predicted molar refractivity (Wildman–Crippen MR) is 49.6 cm³/mol. The van der Waals surface area contributed by atoms with E-state index in [-0.39, 0.29) is 0 Å². The standard InChI is InChI=1S/C10H11ClO/c11-7-8-3-1-2-4-10(8)12-9-5-6-9/h1-4,9H,5-7H2. The Morgan fingerprint density at radius 2 is 2.08 bits per heavy atom. The van der Waals surface area contributed by atoms with Crippen molar-refractivity contribution in [2.24, 2.45) is 0 Å². The molecule has 1 saturated carbocycles. The van der Waals surface area contributed by atoms with E-state index in [0.29, 0.717) is 12.0 Å². The number of halogens is 1. The summed E-state index contributed by atoms with van der Waals surface area (Å²) in [7, 11) is 0. The van der Waals surface area contributed by atoms with Gasteiger partial charge in [0.1, 0.15) is 5.75 Å². The largest absolute Gasteiger partial charge is 0.490 e. The van der Waals surface area contributed by atoms with Crippen molar-refractivity contribution >= 4 is 11.6 Å². The lowest BCUT2D eigenvalue weighted by Gasteiger charge is -2.07. The van der Waals surface area contributed by atoms with E-state index in [1.54, 1.807) is 0 Å². The Labute approximate surface area is 77.3 Å². The molecule has 0 saturated heterocycles. The van der Waals surface area contributed by atoms with Gasteiger partial charge in [0.15, 0.2) is 0 Å². The molecule has 12 heavy (non-hydrogen) atoms. The Balaban J connectivity index is 2.15. The highest BCUT2D eigenvalue weighted by Gasteiger charge is 2.24. The van der Waals surface area contributed by atoms with Crippen molar-refractivity contribution in [1.29, 1.82) is 0 Å². The average Bonchev–Trinajstić information content (AvgIpc) is 2.89. The Kier molecular flexibility index (Phi) is 2.22. The maximum atomic E-state index is 5.76. The first-order valence-corrected chi connectivity index (χ1v) is 4.74. The van der Waals surface area contributed by atoms with Crippen LogP contribution in [0.2, 0.25) is 0 Å². The van der Waals surface area contributed by atoms with E-state index in [0.717, 1.165) is 11.3 Å². The molecule has 2 heteroatoms. The van der Waals surface area contributed by atoms with Gasteiger partial charge in [0.25, 0.3) is 0 Å². The summed E-state index contributed by atoms with van der Waals surface area (Å²) < 4.78 is 5.66. The molecule has 1 aliphatic carbocycles. The number of alkyl halides is 1. The third-order valence-corrected chi connectivity index (χ3v) is 2.22. The third kappa shape index (κ3) is 1.72. The molecule has 0 atom stereocenters. The van der Waals surface area contributed by atoms with Gasteiger partial charge in [-0.05, 0) is 18.9 Å². The maximum Gasteiger partial charge on any atom is 0.124 e. The van der Waals surface area contributed by atoms with Gasteiger partial charge in [0.2, 0.25) is 0 Å². The van der Waals surface area contributed by atoms with Gasteiger partial charge in [0, 0.05) is 5.56 Å². The average molecular weight is 183 g/mol. The lowest BCUT2D eigenvalue weighted by Crippen LogP contribution is -1.98. The number of hydrogen-bond donors (Lipinski definition) is 0. The zero-order valence-corrected chi connectivity index (χ0v) is 7.55. The molecule has 1 fully saturated rings. The van der Waals surface area contributed by atoms with E-state index in [9.17, 15) is 0 Å². The van der Waals surface area contributed by atoms with Gasteiger partial charge in [-0.2, -0.15) is 0 Å². The highest BCUT2D eigenvalue weighted by Crippen LogP contribution is 2.29. The normalized spacial score (nSPS) is 16.1. The van der Waals surface area contributed by atoms with Crippen LogP contribution < -0.4 is 4.74 Å². The number of para-hydroxylation sites is 1. The number of ether oxygens (including phenoxy) is 1. The van der Waals surface area contributed by atoms with E-state index >= 15 is 0 Å². The lowest BCUT2D eigenvalue weighted by atomic mass is 10.2. The van der Waals surface area contributed by atoms with E-state index in [1.165, 1.54) is 12.8 Å². The summed E-state index contributed by atoms with van der Waals surface area (Å²) in [5.41, 5.74) is 1.09. The van der Waals surface area contributed by atoms with Crippen LogP contribution in [0.5, 0.6) is 5.75 Å². The molecule has 1 aromatic carbocycles. The van der Waals surface area contributed by atoms with Crippen LogP contribution in [0.25, 0.3) is 0 Å². The van der Waals surface area contributed by atoms with Crippen molar-refractivity contribution in [2.45, 2.75) is 24.8 Å². The van der Waals surface area contributed by atoms with Gasteiger partial charge in [-0.1, -0.05) is 18.2 Å². The minimum Gasteiger partial charge on any atom is -0.490 e. The van der Waals surface area contributed by atoms with Crippen LogP contribution in [-0.2, 0) is 5.88 Å². The lowest BCUT2D eigenvalue weighted by molar-refractivity contribution is 0.301. The molecular formula is C10H11ClO. The Bertz CT molecular complexity index is 268. The van der Waals surface area contributed by atoms with Gasteiger partial charge in [-0.3, -0.25) is 0 Å². The van der Waals surface area contributed by atoms with E-state index in [2.05, 4.69) is 0 Å². The van der Waals surface area contributed by atoms with Crippen LogP contribution in [-0.4, -0.2) is 6.10 Å². The predicted octanol–water partition coefficient (Wildman–Crippen LogP) is 2.97. The number of benzene rings is 1. The van der Waals surface area contributed by atoms with Crippen molar-refractivity contribution < 1.29 is 4.74 Å². The number of rotatable bonds is 3. The van der Waals surface area contributed by atoms with Gasteiger partial charge >= 0.3 is 0 Å². The summed E-state index contributed by atoms with van der Waals surface area (Å²) in [5.74, 6) is 1.48. The molecular weight excluding hydrogens is 172 g/mol. The molecule has 1 aliphatic rings. The van der Waals surface area contributed by atoms with Crippen LogP contribution in [0, 0.1) is 0 Å². The molecule has 0 unspecified atom stereocenters. The fourth-order valence-corrected chi connectivity index (χ4v) is 1.32. The molecule has 0 heterocycles. The Morgan fingerprint density at radius 3 is 2.75 bits per heavy atom. The molecule has 0 amide bonds. The van der Waals surface area contributed by atoms with Crippen molar-refractivity contribution in [2.75, 3.05) is 0 Å². The second-order valence-electron chi connectivity index (χ2n) is 3.06. The fraction of sp³-hybridized carbons (Fsp3) is 0.400. The summed E-state index contributed by atoms with van der Waals surface area (Å²) in [6.07, 6.45) is 2.84. The molecule has 0 aliphatic heterocycles. The highest BCUT2D eigenvalue weighted by atomic mass is 35.5. The van der Waals surface area contributed by atoms with E-state index in [1.807, 2.05) is 24.3 Å². The van der Waals surface area contributed by atoms with Gasteiger partial charge in [0.05, 0.1) is 12.0 Å². The second kappa shape index (κ2) is 3.36. The van der Waals surface area contributed by atoms with Crippen LogP contribution in [0.4, 0.5) is 0 Å². The molecule has 0 spiro atoms. The Hall–Kier alpha value is -0.690. The minimum absolute atomic E-state index is 0.453. The summed E-state index contributed by atoms with van der Waals surface area (Å²) in [6, 6.07) is 7.95. The third-order valence-electron chi connectivity index (χ3n) is 1.93. The maximum absolute atomic E-state index is 5.76. The smallest absolute Gasteiger partial charge is 0.124 e. The zero-order valence-electron chi connectivity index (χ0n) is 6.79. The summed E-state index contributed by atoms with van der Waals surface area (Å²) in [5, 5.41) is 0. The minimum atomic E-state index is 0.453. The molecule has 1 nitrogen and oxygen atoms in total. The molecule has 1 aromatic rings. The Morgan fingerprint density at radius 1 is 1.33 bits per heavy atom. The van der Waals surface area contributed by atoms with E-state index in [4.69, 9.17) is 16.3 Å². The van der Waals surface area contributed by atoms with Crippen molar-refractivity contribution in [3.05, 3.63) is 29.8 Å². The van der Waals surface area contributed by atoms with Crippen LogP contribution in [0.3, 0.4) is 0 Å². The first kappa shape index (κ1) is 7.93. The first-order valence-electron chi connectivity index (χ1n) is 4.20. The SMILES string of the molecule is ClCc1ccccc1OC1CC1. The molecule has 0 aromatic heterocycles. The highest BCUT2D eigenvalue weighted by molar-refractivity contribution is 6.17. The van der Waals surface area contributed by atoms with Crippen LogP contribution in [0.15, 0.2) is 24.3 Å². The van der Waals surface area contributed by atoms with Gasteiger partial charge < -0.3 is 4.74 Å². The van der Waals surface area contributed by atoms with Crippen molar-refractivity contribution in [1.82, 2.24) is 0 Å². The van der Waals surface area contributed by atoms with Crippen molar-refractivity contribution in [3.63, 3.8) is 0 Å². The van der Waals surface area contributed by atoms with E-state index < -0.39 is 0 Å². The first-order chi connectivity index (χ1) is 5.90. The topological polar surface area (TPSA) is 9.23 Å². The number of hydrogen-bond acceptors (Lipinski definition) is 1. The quantitative estimate of drug-likeness (QED) is 0.654. The molecule has 0 radical (unpaired) electrons. The molecule has 0 N–H and O–H groups in total. The second-order valence-corrected chi connectivity index (χ2v) is 3.33. The summed E-state index contributed by atoms with van der Waals surface area (Å²) >= 11 is 5.76. The molecule has 2 rings (SSSR count). The van der Waals surface area contributed by atoms with Gasteiger partial charge in [-0.15, -0.1) is 11.6 Å². The van der Waals surface area contributed by atoms with Crippen LogP contribution in [0.1, 0.15) is 18.4 Å². The van der Waals surface area contributed by atoms with Gasteiger partial charge in [-0.25, -0.2) is 0 Å². The summed E-state index contributed by atoms with van der Waals surface area (Å²) in [6.45, 7) is 0. The molecule has 64 valence electrons. The monoisotopic (exact) mass is 182 g/mol. The zero-order chi connectivity index (χ0) is 8.39. The van der Waals surface area contributed by atoms with Crippen molar-refractivity contribution in [3.8, 4) is 5.75 Å². The molecule has 0 bridgehead atoms. The summed E-state index contributed by atoms with van der Waals surface area (Å²) in [4.78, 5) is 0. The van der Waals surface area contributed by atoms with Crippen LogP contribution >= 0.6 is 11.6 Å².